The molecule has 0 radical (unpaired) electrons. The zero-order chi connectivity index (χ0) is 19.1. The fraction of sp³-hybridized carbons (Fsp3) is 0.333. The SMILES string of the molecule is C[C@H](O/N=C\c1cccc(F)c1)C(=O)Nc1ccc(N2CCCCC2)cc1. The van der Waals surface area contributed by atoms with E-state index in [4.69, 9.17) is 4.84 Å². The van der Waals surface area contributed by atoms with Gasteiger partial charge in [-0.05, 0) is 68.1 Å². The number of benzene rings is 2. The van der Waals surface area contributed by atoms with Crippen molar-refractivity contribution in [2.45, 2.75) is 32.3 Å². The first-order valence-corrected chi connectivity index (χ1v) is 9.22. The highest BCUT2D eigenvalue weighted by Gasteiger charge is 2.15. The molecule has 2 aromatic carbocycles. The molecule has 1 amide bonds. The van der Waals surface area contributed by atoms with E-state index in [0.29, 0.717) is 11.3 Å². The molecule has 1 aliphatic rings. The summed E-state index contributed by atoms with van der Waals surface area (Å²) >= 11 is 0. The third kappa shape index (κ3) is 5.54. The van der Waals surface area contributed by atoms with Gasteiger partial charge < -0.3 is 15.1 Å². The summed E-state index contributed by atoms with van der Waals surface area (Å²) in [6.45, 7) is 3.78. The molecule has 1 heterocycles. The molecule has 0 unspecified atom stereocenters. The lowest BCUT2D eigenvalue weighted by atomic mass is 10.1. The maximum atomic E-state index is 13.1. The Morgan fingerprint density at radius 3 is 2.63 bits per heavy atom. The number of carbonyl (C=O) groups excluding carboxylic acids is 1. The van der Waals surface area contributed by atoms with Crippen molar-refractivity contribution >= 4 is 23.5 Å². The molecule has 6 heteroatoms. The van der Waals surface area contributed by atoms with Gasteiger partial charge >= 0.3 is 0 Å². The Labute approximate surface area is 158 Å². The molecule has 1 fully saturated rings. The van der Waals surface area contributed by atoms with Crippen molar-refractivity contribution in [1.29, 1.82) is 0 Å². The number of rotatable bonds is 6. The number of hydrogen-bond donors (Lipinski definition) is 1. The van der Waals surface area contributed by atoms with Crippen LogP contribution in [0.15, 0.2) is 53.7 Å². The molecule has 0 bridgehead atoms. The molecule has 1 aliphatic heterocycles. The Morgan fingerprint density at radius 2 is 1.93 bits per heavy atom. The van der Waals surface area contributed by atoms with Gasteiger partial charge in [0.25, 0.3) is 5.91 Å². The Hall–Kier alpha value is -2.89. The molecular weight excluding hydrogens is 345 g/mol. The summed E-state index contributed by atoms with van der Waals surface area (Å²) in [6.07, 6.45) is 4.36. The summed E-state index contributed by atoms with van der Waals surface area (Å²) in [4.78, 5) is 19.7. The van der Waals surface area contributed by atoms with Gasteiger partial charge in [0.1, 0.15) is 5.82 Å². The van der Waals surface area contributed by atoms with Crippen molar-refractivity contribution in [3.63, 3.8) is 0 Å². The summed E-state index contributed by atoms with van der Waals surface area (Å²) in [7, 11) is 0. The minimum absolute atomic E-state index is 0.294. The van der Waals surface area contributed by atoms with E-state index in [0.717, 1.165) is 13.1 Å². The quantitative estimate of drug-likeness (QED) is 0.613. The number of hydrogen-bond acceptors (Lipinski definition) is 4. The molecule has 0 saturated carbocycles. The average molecular weight is 369 g/mol. The highest BCUT2D eigenvalue weighted by atomic mass is 19.1. The fourth-order valence-electron chi connectivity index (χ4n) is 2.97. The second kappa shape index (κ2) is 9.16. The summed E-state index contributed by atoms with van der Waals surface area (Å²) < 4.78 is 13.1. The number of piperidine rings is 1. The number of carbonyl (C=O) groups is 1. The van der Waals surface area contributed by atoms with E-state index in [1.54, 1.807) is 19.1 Å². The van der Waals surface area contributed by atoms with Crippen molar-refractivity contribution in [3.8, 4) is 0 Å². The van der Waals surface area contributed by atoms with Gasteiger partial charge in [-0.2, -0.15) is 0 Å². The predicted octanol–water partition coefficient (Wildman–Crippen LogP) is 4.19. The molecule has 0 aliphatic carbocycles. The van der Waals surface area contributed by atoms with Crippen LogP contribution in [-0.2, 0) is 9.63 Å². The monoisotopic (exact) mass is 369 g/mol. The van der Waals surface area contributed by atoms with Gasteiger partial charge in [-0.3, -0.25) is 4.79 Å². The van der Waals surface area contributed by atoms with Crippen LogP contribution in [0.3, 0.4) is 0 Å². The molecule has 0 aromatic heterocycles. The summed E-state index contributed by atoms with van der Waals surface area (Å²) in [6, 6.07) is 13.8. The largest absolute Gasteiger partial charge is 0.383 e. The zero-order valence-electron chi connectivity index (χ0n) is 15.4. The fourth-order valence-corrected chi connectivity index (χ4v) is 2.97. The highest BCUT2D eigenvalue weighted by Crippen LogP contribution is 2.21. The normalized spacial score (nSPS) is 15.6. The minimum Gasteiger partial charge on any atom is -0.383 e. The van der Waals surface area contributed by atoms with Gasteiger partial charge in [-0.15, -0.1) is 0 Å². The van der Waals surface area contributed by atoms with Gasteiger partial charge in [0, 0.05) is 24.5 Å². The first-order chi connectivity index (χ1) is 13.1. The minimum atomic E-state index is -0.767. The van der Waals surface area contributed by atoms with Gasteiger partial charge in [0.05, 0.1) is 6.21 Å². The third-order valence-corrected chi connectivity index (χ3v) is 4.49. The van der Waals surface area contributed by atoms with Crippen LogP contribution >= 0.6 is 0 Å². The van der Waals surface area contributed by atoms with Crippen LogP contribution in [0.5, 0.6) is 0 Å². The van der Waals surface area contributed by atoms with Crippen LogP contribution in [0, 0.1) is 5.82 Å². The molecule has 3 rings (SSSR count). The molecule has 27 heavy (non-hydrogen) atoms. The Bertz CT molecular complexity index is 786. The Balaban J connectivity index is 1.50. The summed E-state index contributed by atoms with van der Waals surface area (Å²) in [5.74, 6) is -0.644. The molecule has 1 atom stereocenters. The number of halogens is 1. The standard InChI is InChI=1S/C21H24FN3O2/c1-16(27-23-15-17-6-5-7-18(22)14-17)21(26)24-19-8-10-20(11-9-19)25-12-3-2-4-13-25/h5-11,14-16H,2-4,12-13H2,1H3,(H,24,26)/b23-15-/t16-/m0/s1. The van der Waals surface area contributed by atoms with Crippen molar-refractivity contribution in [2.24, 2.45) is 5.16 Å². The van der Waals surface area contributed by atoms with E-state index in [-0.39, 0.29) is 11.7 Å². The maximum Gasteiger partial charge on any atom is 0.267 e. The van der Waals surface area contributed by atoms with E-state index in [1.807, 2.05) is 24.3 Å². The summed E-state index contributed by atoms with van der Waals surface area (Å²) in [5, 5.41) is 6.57. The maximum absolute atomic E-state index is 13.1. The third-order valence-electron chi connectivity index (χ3n) is 4.49. The lowest BCUT2D eigenvalue weighted by Gasteiger charge is -2.28. The second-order valence-corrected chi connectivity index (χ2v) is 6.62. The molecular formula is C21H24FN3O2. The number of anilines is 2. The Morgan fingerprint density at radius 1 is 1.19 bits per heavy atom. The summed E-state index contributed by atoms with van der Waals surface area (Å²) in [5.41, 5.74) is 2.46. The number of oxime groups is 1. The molecule has 1 N–H and O–H groups in total. The number of nitrogens with one attached hydrogen (secondary N) is 1. The van der Waals surface area contributed by atoms with E-state index in [9.17, 15) is 9.18 Å². The molecule has 2 aromatic rings. The van der Waals surface area contributed by atoms with Crippen LogP contribution in [0.1, 0.15) is 31.7 Å². The first-order valence-electron chi connectivity index (χ1n) is 9.22. The van der Waals surface area contributed by atoms with Crippen LogP contribution in [0.4, 0.5) is 15.8 Å². The van der Waals surface area contributed by atoms with Gasteiger partial charge in [-0.1, -0.05) is 17.3 Å². The first kappa shape index (κ1) is 18.9. The van der Waals surface area contributed by atoms with Crippen molar-refractivity contribution in [1.82, 2.24) is 0 Å². The smallest absolute Gasteiger partial charge is 0.267 e. The average Bonchev–Trinajstić information content (AvgIpc) is 2.69. The Kier molecular flexibility index (Phi) is 6.41. The zero-order valence-corrected chi connectivity index (χ0v) is 15.4. The van der Waals surface area contributed by atoms with Crippen LogP contribution in [0.2, 0.25) is 0 Å². The lowest BCUT2D eigenvalue weighted by molar-refractivity contribution is -0.126. The molecule has 0 spiro atoms. The van der Waals surface area contributed by atoms with Crippen LogP contribution in [-0.4, -0.2) is 31.3 Å². The van der Waals surface area contributed by atoms with Crippen LogP contribution in [0.25, 0.3) is 0 Å². The lowest BCUT2D eigenvalue weighted by Crippen LogP contribution is -2.29. The van der Waals surface area contributed by atoms with E-state index in [2.05, 4.69) is 15.4 Å². The van der Waals surface area contributed by atoms with Gasteiger partial charge in [0.15, 0.2) is 0 Å². The number of nitrogens with zero attached hydrogens (tertiary/aromatic N) is 2. The van der Waals surface area contributed by atoms with Crippen molar-refractivity contribution < 1.29 is 14.0 Å². The van der Waals surface area contributed by atoms with Gasteiger partial charge in [-0.25, -0.2) is 4.39 Å². The van der Waals surface area contributed by atoms with E-state index >= 15 is 0 Å². The molecule has 1 saturated heterocycles. The number of amides is 1. The van der Waals surface area contributed by atoms with E-state index < -0.39 is 6.10 Å². The van der Waals surface area contributed by atoms with E-state index in [1.165, 1.54) is 43.3 Å². The van der Waals surface area contributed by atoms with Crippen LogP contribution < -0.4 is 10.2 Å². The highest BCUT2D eigenvalue weighted by molar-refractivity contribution is 5.94. The molecule has 5 nitrogen and oxygen atoms in total. The van der Waals surface area contributed by atoms with Gasteiger partial charge in [0.2, 0.25) is 6.10 Å². The predicted molar refractivity (Wildman–Crippen MR) is 106 cm³/mol. The van der Waals surface area contributed by atoms with Crippen molar-refractivity contribution in [2.75, 3.05) is 23.3 Å². The topological polar surface area (TPSA) is 53.9 Å². The second-order valence-electron chi connectivity index (χ2n) is 6.62. The molecule has 142 valence electrons. The van der Waals surface area contributed by atoms with Crippen molar-refractivity contribution in [3.05, 3.63) is 59.9 Å².